The van der Waals surface area contributed by atoms with Crippen LogP contribution in [-0.4, -0.2) is 4.57 Å². The predicted octanol–water partition coefficient (Wildman–Crippen LogP) is 4.01. The van der Waals surface area contributed by atoms with Crippen LogP contribution in [0.5, 0.6) is 0 Å². The Hall–Kier alpha value is -1.50. The minimum absolute atomic E-state index is 0.154. The molecule has 0 aliphatic heterocycles. The quantitative estimate of drug-likeness (QED) is 0.708. The van der Waals surface area contributed by atoms with Crippen molar-refractivity contribution in [1.82, 2.24) is 4.57 Å². The lowest BCUT2D eigenvalue weighted by atomic mass is 9.76. The molecule has 0 fully saturated rings. The summed E-state index contributed by atoms with van der Waals surface area (Å²) in [4.78, 5) is 0. The Kier molecular flexibility index (Phi) is 2.25. The molecule has 1 heteroatoms. The van der Waals surface area contributed by atoms with E-state index >= 15 is 0 Å². The van der Waals surface area contributed by atoms with Gasteiger partial charge in [-0.15, -0.1) is 0 Å². The van der Waals surface area contributed by atoms with Crippen molar-refractivity contribution in [3.63, 3.8) is 0 Å². The Bertz CT molecular complexity index is 591. The molecule has 1 nitrogen and oxygen atoms in total. The van der Waals surface area contributed by atoms with Gasteiger partial charge in [0.15, 0.2) is 0 Å². The van der Waals surface area contributed by atoms with E-state index in [1.165, 1.54) is 23.1 Å². The number of hydrogen-bond donors (Lipinski definition) is 0. The first-order valence-corrected chi connectivity index (χ1v) is 6.66. The molecule has 0 radical (unpaired) electrons. The van der Waals surface area contributed by atoms with Crippen molar-refractivity contribution in [1.29, 1.82) is 0 Å². The van der Waals surface area contributed by atoms with Gasteiger partial charge in [0.1, 0.15) is 0 Å². The van der Waals surface area contributed by atoms with Crippen LogP contribution in [0.3, 0.4) is 0 Å². The maximum Gasteiger partial charge on any atom is 0.0200 e. The van der Waals surface area contributed by atoms with E-state index in [0.29, 0.717) is 0 Å². The summed E-state index contributed by atoms with van der Waals surface area (Å²) in [6, 6.07) is 11.2. The monoisotopic (exact) mass is 239 g/mol. The van der Waals surface area contributed by atoms with Gasteiger partial charge in [-0.05, 0) is 34.6 Å². The lowest BCUT2D eigenvalue weighted by Crippen LogP contribution is -2.22. The van der Waals surface area contributed by atoms with E-state index in [1.54, 1.807) is 0 Å². The molecular weight excluding hydrogens is 218 g/mol. The molecule has 1 heterocycles. The third kappa shape index (κ3) is 1.46. The summed E-state index contributed by atoms with van der Waals surface area (Å²) in [5.74, 6) is 0. The number of hydrogen-bond acceptors (Lipinski definition) is 0. The Balaban J connectivity index is 2.21. The van der Waals surface area contributed by atoms with Crippen LogP contribution in [-0.2, 0) is 17.9 Å². The maximum absolute atomic E-state index is 2.38. The molecular formula is C17H21N. The summed E-state index contributed by atoms with van der Waals surface area (Å²) in [5.41, 5.74) is 4.86. The van der Waals surface area contributed by atoms with Crippen LogP contribution in [0.1, 0.15) is 43.9 Å². The average molecular weight is 239 g/mol. The molecule has 0 saturated heterocycles. The maximum atomic E-state index is 2.38. The fraction of sp³-hybridized carbons (Fsp3) is 0.412. The van der Waals surface area contributed by atoms with Gasteiger partial charge in [0, 0.05) is 24.9 Å². The second kappa shape index (κ2) is 3.50. The van der Waals surface area contributed by atoms with Crippen molar-refractivity contribution in [2.45, 2.75) is 38.0 Å². The van der Waals surface area contributed by atoms with Gasteiger partial charge in [0.2, 0.25) is 0 Å². The molecule has 1 unspecified atom stereocenters. The van der Waals surface area contributed by atoms with Crippen molar-refractivity contribution in [2.24, 2.45) is 7.05 Å². The highest BCUT2D eigenvalue weighted by Crippen LogP contribution is 2.52. The topological polar surface area (TPSA) is 4.93 Å². The normalized spacial score (nSPS) is 25.1. The second-order valence-corrected chi connectivity index (χ2v) is 6.50. The van der Waals surface area contributed by atoms with E-state index in [9.17, 15) is 0 Å². The molecule has 1 aliphatic carbocycles. The molecule has 1 aromatic carbocycles. The fourth-order valence-electron chi connectivity index (χ4n) is 3.72. The van der Waals surface area contributed by atoms with Crippen LogP contribution in [0.15, 0.2) is 42.7 Å². The summed E-state index contributed by atoms with van der Waals surface area (Å²) >= 11 is 0. The Morgan fingerprint density at radius 1 is 1.00 bits per heavy atom. The van der Waals surface area contributed by atoms with E-state index in [-0.39, 0.29) is 10.8 Å². The first-order chi connectivity index (χ1) is 8.43. The third-order valence-electron chi connectivity index (χ3n) is 4.52. The van der Waals surface area contributed by atoms with Crippen molar-refractivity contribution in [2.75, 3.05) is 0 Å². The minimum Gasteiger partial charge on any atom is -0.357 e. The fourth-order valence-corrected chi connectivity index (χ4v) is 3.72. The number of fused-ring (bicyclic) bond motifs is 1. The molecule has 3 rings (SSSR count). The van der Waals surface area contributed by atoms with Gasteiger partial charge in [-0.25, -0.2) is 0 Å². The van der Waals surface area contributed by atoms with Crippen molar-refractivity contribution < 1.29 is 0 Å². The van der Waals surface area contributed by atoms with Crippen LogP contribution >= 0.6 is 0 Å². The van der Waals surface area contributed by atoms with E-state index in [4.69, 9.17) is 0 Å². The second-order valence-electron chi connectivity index (χ2n) is 6.50. The van der Waals surface area contributed by atoms with Crippen LogP contribution < -0.4 is 0 Å². The number of rotatable bonds is 1. The highest BCUT2D eigenvalue weighted by molar-refractivity contribution is 5.51. The zero-order valence-corrected chi connectivity index (χ0v) is 11.7. The van der Waals surface area contributed by atoms with E-state index < -0.39 is 0 Å². The first kappa shape index (κ1) is 11.6. The first-order valence-electron chi connectivity index (χ1n) is 6.66. The van der Waals surface area contributed by atoms with Crippen LogP contribution in [0.4, 0.5) is 0 Å². The zero-order chi connectivity index (χ0) is 13.0. The summed E-state index contributed by atoms with van der Waals surface area (Å²) < 4.78 is 2.15. The largest absolute Gasteiger partial charge is 0.357 e. The van der Waals surface area contributed by atoms with Crippen LogP contribution in [0.2, 0.25) is 0 Å². The summed E-state index contributed by atoms with van der Waals surface area (Å²) in [7, 11) is 2.10. The molecule has 1 atom stereocenters. The van der Waals surface area contributed by atoms with Gasteiger partial charge in [0.25, 0.3) is 0 Å². The van der Waals surface area contributed by atoms with Gasteiger partial charge < -0.3 is 4.57 Å². The lowest BCUT2D eigenvalue weighted by molar-refractivity contribution is 0.425. The Morgan fingerprint density at radius 2 is 1.67 bits per heavy atom. The van der Waals surface area contributed by atoms with Gasteiger partial charge in [-0.3, -0.25) is 0 Å². The van der Waals surface area contributed by atoms with E-state index in [0.717, 1.165) is 0 Å². The molecule has 2 aromatic rings. The summed E-state index contributed by atoms with van der Waals surface area (Å²) in [6.45, 7) is 7.11. The van der Waals surface area contributed by atoms with Crippen LogP contribution in [0.25, 0.3) is 0 Å². The average Bonchev–Trinajstić information content (AvgIpc) is 2.83. The van der Waals surface area contributed by atoms with E-state index in [2.05, 4.69) is 75.1 Å². The lowest BCUT2D eigenvalue weighted by Gasteiger charge is -2.27. The van der Waals surface area contributed by atoms with Crippen molar-refractivity contribution >= 4 is 0 Å². The highest BCUT2D eigenvalue weighted by atomic mass is 14.9. The molecule has 18 heavy (non-hydrogen) atoms. The van der Waals surface area contributed by atoms with Gasteiger partial charge in [-0.1, -0.05) is 45.0 Å². The number of aromatic nitrogens is 1. The predicted molar refractivity (Wildman–Crippen MR) is 76.0 cm³/mol. The molecule has 0 saturated carbocycles. The molecule has 1 aliphatic rings. The molecule has 0 bridgehead atoms. The SMILES string of the molecule is Cn1ccc(C2(C)CC(C)(C)c3ccccc32)c1. The van der Waals surface area contributed by atoms with Crippen molar-refractivity contribution in [3.8, 4) is 0 Å². The minimum atomic E-state index is 0.154. The standard InChI is InChI=1S/C17H21N/c1-16(2)12-17(3,13-9-10-18(4)11-13)15-8-6-5-7-14(15)16/h5-11H,12H2,1-4H3. The van der Waals surface area contributed by atoms with Gasteiger partial charge in [-0.2, -0.15) is 0 Å². The summed E-state index contributed by atoms with van der Waals surface area (Å²) in [6.07, 6.45) is 5.59. The van der Waals surface area contributed by atoms with Crippen molar-refractivity contribution in [3.05, 3.63) is 59.4 Å². The summed E-state index contributed by atoms with van der Waals surface area (Å²) in [5, 5.41) is 0. The highest BCUT2D eigenvalue weighted by Gasteiger charge is 2.45. The molecule has 0 N–H and O–H groups in total. The number of nitrogens with zero attached hydrogens (tertiary/aromatic N) is 1. The molecule has 0 amide bonds. The number of aryl methyl sites for hydroxylation is 1. The Morgan fingerprint density at radius 3 is 2.28 bits per heavy atom. The Labute approximate surface area is 109 Å². The molecule has 1 aromatic heterocycles. The zero-order valence-electron chi connectivity index (χ0n) is 11.7. The smallest absolute Gasteiger partial charge is 0.0200 e. The third-order valence-corrected chi connectivity index (χ3v) is 4.52. The van der Waals surface area contributed by atoms with Gasteiger partial charge in [0.05, 0.1) is 0 Å². The van der Waals surface area contributed by atoms with Crippen LogP contribution in [0, 0.1) is 0 Å². The van der Waals surface area contributed by atoms with E-state index in [1.807, 2.05) is 0 Å². The molecule has 94 valence electrons. The number of benzene rings is 1. The van der Waals surface area contributed by atoms with Gasteiger partial charge >= 0.3 is 0 Å². The molecule has 0 spiro atoms.